The van der Waals surface area contributed by atoms with E-state index in [1.165, 1.54) is 0 Å². The summed E-state index contributed by atoms with van der Waals surface area (Å²) in [7, 11) is 0. The molecule has 5 heteroatoms. The average Bonchev–Trinajstić information content (AvgIpc) is 3.07. The number of ether oxygens (including phenoxy) is 1. The maximum Gasteiger partial charge on any atom is 0.180 e. The molecule has 0 amide bonds. The van der Waals surface area contributed by atoms with Gasteiger partial charge in [-0.3, -0.25) is 9.69 Å². The van der Waals surface area contributed by atoms with Crippen molar-refractivity contribution in [3.8, 4) is 5.75 Å². The van der Waals surface area contributed by atoms with Crippen molar-refractivity contribution in [2.24, 2.45) is 0 Å². The van der Waals surface area contributed by atoms with E-state index in [-0.39, 0.29) is 5.78 Å². The van der Waals surface area contributed by atoms with Crippen molar-refractivity contribution >= 4 is 16.7 Å². The van der Waals surface area contributed by atoms with Gasteiger partial charge in [-0.25, -0.2) is 0 Å². The first-order chi connectivity index (χ1) is 13.2. The quantitative estimate of drug-likeness (QED) is 0.661. The summed E-state index contributed by atoms with van der Waals surface area (Å²) in [5.74, 6) is 0.760. The van der Waals surface area contributed by atoms with E-state index in [2.05, 4.69) is 15.2 Å². The minimum Gasteiger partial charge on any atom is -0.488 e. The van der Waals surface area contributed by atoms with Gasteiger partial charge in [-0.05, 0) is 24.1 Å². The summed E-state index contributed by atoms with van der Waals surface area (Å²) in [6, 6.07) is 14.0. The first kappa shape index (κ1) is 17.8. The Hall–Kier alpha value is -2.63. The second-order valence-electron chi connectivity index (χ2n) is 7.09. The third-order valence-corrected chi connectivity index (χ3v) is 5.10. The summed E-state index contributed by atoms with van der Waals surface area (Å²) in [4.78, 5) is 18.5. The first-order valence-corrected chi connectivity index (χ1v) is 9.45. The Morgan fingerprint density at radius 1 is 1.15 bits per heavy atom. The maximum absolute atomic E-state index is 13.1. The van der Waals surface area contributed by atoms with Gasteiger partial charge in [0, 0.05) is 49.3 Å². The molecule has 140 valence electrons. The van der Waals surface area contributed by atoms with Crippen LogP contribution in [-0.2, 0) is 6.61 Å². The molecule has 4 rings (SSSR count). The maximum atomic E-state index is 13.1. The van der Waals surface area contributed by atoms with Crippen molar-refractivity contribution < 1.29 is 9.53 Å². The zero-order valence-corrected chi connectivity index (χ0v) is 15.6. The van der Waals surface area contributed by atoms with Crippen LogP contribution in [0.4, 0.5) is 0 Å². The normalized spacial score (nSPS) is 15.1. The van der Waals surface area contributed by atoms with Crippen LogP contribution in [0.15, 0.2) is 48.7 Å². The smallest absolute Gasteiger partial charge is 0.180 e. The van der Waals surface area contributed by atoms with Gasteiger partial charge in [0.15, 0.2) is 5.78 Å². The predicted molar refractivity (Wildman–Crippen MR) is 107 cm³/mol. The molecular weight excluding hydrogens is 338 g/mol. The van der Waals surface area contributed by atoms with Crippen LogP contribution in [0.25, 0.3) is 10.9 Å². The van der Waals surface area contributed by atoms with Crippen LogP contribution >= 0.6 is 0 Å². The predicted octanol–water partition coefficient (Wildman–Crippen LogP) is 3.14. The summed E-state index contributed by atoms with van der Waals surface area (Å²) < 4.78 is 6.08. The Bertz CT molecular complexity index is 927. The lowest BCUT2D eigenvalue weighted by atomic mass is 10.0. The number of hydrogen-bond acceptors (Lipinski definition) is 4. The van der Waals surface area contributed by atoms with Crippen LogP contribution in [-0.4, -0.2) is 48.4 Å². The fourth-order valence-corrected chi connectivity index (χ4v) is 3.52. The highest BCUT2D eigenvalue weighted by Crippen LogP contribution is 2.29. The standard InChI is InChI=1S/C22H25N3O2/c1-16-13-24-20-12-22(27-15-17-5-3-2-4-6-17)19(11-18(16)20)21(26)14-25-9-7-23-8-10-25/h2-6,11-13,23-24H,7-10,14-15H2,1H3. The first-order valence-electron chi connectivity index (χ1n) is 9.45. The highest BCUT2D eigenvalue weighted by atomic mass is 16.5. The number of benzene rings is 2. The monoisotopic (exact) mass is 363 g/mol. The van der Waals surface area contributed by atoms with Gasteiger partial charge in [0.25, 0.3) is 0 Å². The molecule has 3 aromatic rings. The number of aromatic amines is 1. The number of Topliss-reactive ketones (excluding diaryl/α,β-unsaturated/α-hetero) is 1. The Balaban J connectivity index is 1.61. The minimum absolute atomic E-state index is 0.113. The van der Waals surface area contributed by atoms with Crippen molar-refractivity contribution in [3.05, 3.63) is 65.4 Å². The molecule has 0 unspecified atom stereocenters. The molecule has 2 aromatic carbocycles. The number of aryl methyl sites for hydroxylation is 1. The van der Waals surface area contributed by atoms with Crippen molar-refractivity contribution in [2.45, 2.75) is 13.5 Å². The van der Waals surface area contributed by atoms with Crippen LogP contribution in [0.3, 0.4) is 0 Å². The molecule has 0 bridgehead atoms. The zero-order valence-electron chi connectivity index (χ0n) is 15.6. The lowest BCUT2D eigenvalue weighted by Crippen LogP contribution is -2.45. The van der Waals surface area contributed by atoms with E-state index < -0.39 is 0 Å². The van der Waals surface area contributed by atoms with E-state index in [1.807, 2.05) is 55.6 Å². The van der Waals surface area contributed by atoms with Gasteiger partial charge in [-0.2, -0.15) is 0 Å². The number of carbonyl (C=O) groups excluding carboxylic acids is 1. The van der Waals surface area contributed by atoms with Crippen LogP contribution in [0.1, 0.15) is 21.5 Å². The number of hydrogen-bond donors (Lipinski definition) is 2. The third kappa shape index (κ3) is 4.04. The highest BCUT2D eigenvalue weighted by molar-refractivity contribution is 6.04. The molecule has 0 aliphatic carbocycles. The van der Waals surface area contributed by atoms with Crippen molar-refractivity contribution in [1.29, 1.82) is 0 Å². The lowest BCUT2D eigenvalue weighted by Gasteiger charge is -2.26. The molecule has 1 saturated heterocycles. The summed E-state index contributed by atoms with van der Waals surface area (Å²) in [6.07, 6.45) is 1.97. The number of aromatic nitrogens is 1. The molecule has 1 fully saturated rings. The summed E-state index contributed by atoms with van der Waals surface area (Å²) in [6.45, 7) is 6.59. The highest BCUT2D eigenvalue weighted by Gasteiger charge is 2.20. The number of fused-ring (bicyclic) bond motifs is 1. The second-order valence-corrected chi connectivity index (χ2v) is 7.09. The third-order valence-electron chi connectivity index (χ3n) is 5.10. The summed E-state index contributed by atoms with van der Waals surface area (Å²) in [5.41, 5.74) is 3.88. The van der Waals surface area contributed by atoms with Crippen LogP contribution in [0, 0.1) is 6.92 Å². The molecule has 1 aliphatic heterocycles. The fraction of sp³-hybridized carbons (Fsp3) is 0.318. The minimum atomic E-state index is 0.113. The molecule has 1 aromatic heterocycles. The van der Waals surface area contributed by atoms with E-state index in [0.29, 0.717) is 24.5 Å². The molecule has 5 nitrogen and oxygen atoms in total. The molecule has 0 atom stereocenters. The van der Waals surface area contributed by atoms with E-state index in [9.17, 15) is 4.79 Å². The summed E-state index contributed by atoms with van der Waals surface area (Å²) in [5, 5.41) is 4.40. The Morgan fingerprint density at radius 3 is 2.70 bits per heavy atom. The number of H-pyrrole nitrogens is 1. The molecule has 2 N–H and O–H groups in total. The van der Waals surface area contributed by atoms with Gasteiger partial charge in [0.2, 0.25) is 0 Å². The second kappa shape index (κ2) is 7.94. The van der Waals surface area contributed by atoms with Gasteiger partial charge in [0.05, 0.1) is 12.1 Å². The lowest BCUT2D eigenvalue weighted by molar-refractivity contribution is 0.0917. The van der Waals surface area contributed by atoms with Crippen LogP contribution < -0.4 is 10.1 Å². The Kier molecular flexibility index (Phi) is 5.23. The molecule has 1 aliphatic rings. The van der Waals surface area contributed by atoms with Crippen molar-refractivity contribution in [2.75, 3.05) is 32.7 Å². The molecule has 0 saturated carbocycles. The Labute approximate surface area is 159 Å². The average molecular weight is 363 g/mol. The molecular formula is C22H25N3O2. The number of rotatable bonds is 6. The number of carbonyl (C=O) groups is 1. The van der Waals surface area contributed by atoms with Gasteiger partial charge < -0.3 is 15.0 Å². The largest absolute Gasteiger partial charge is 0.488 e. The van der Waals surface area contributed by atoms with E-state index in [0.717, 1.165) is 48.2 Å². The Morgan fingerprint density at radius 2 is 1.93 bits per heavy atom. The molecule has 0 spiro atoms. The fourth-order valence-electron chi connectivity index (χ4n) is 3.52. The molecule has 0 radical (unpaired) electrons. The van der Waals surface area contributed by atoms with Gasteiger partial charge in [-0.15, -0.1) is 0 Å². The van der Waals surface area contributed by atoms with Crippen LogP contribution in [0.2, 0.25) is 0 Å². The SMILES string of the molecule is Cc1c[nH]c2cc(OCc3ccccc3)c(C(=O)CN3CCNCC3)cc12. The molecule has 2 heterocycles. The molecule has 27 heavy (non-hydrogen) atoms. The van der Waals surface area contributed by atoms with E-state index in [1.54, 1.807) is 0 Å². The van der Waals surface area contributed by atoms with Gasteiger partial charge in [-0.1, -0.05) is 30.3 Å². The van der Waals surface area contributed by atoms with Crippen molar-refractivity contribution in [3.63, 3.8) is 0 Å². The van der Waals surface area contributed by atoms with Crippen LogP contribution in [0.5, 0.6) is 5.75 Å². The number of nitrogens with one attached hydrogen (secondary N) is 2. The number of piperazine rings is 1. The topological polar surface area (TPSA) is 57.4 Å². The van der Waals surface area contributed by atoms with Gasteiger partial charge >= 0.3 is 0 Å². The summed E-state index contributed by atoms with van der Waals surface area (Å²) >= 11 is 0. The number of ketones is 1. The number of nitrogens with zero attached hydrogens (tertiary/aromatic N) is 1. The van der Waals surface area contributed by atoms with Gasteiger partial charge in [0.1, 0.15) is 12.4 Å². The van der Waals surface area contributed by atoms with E-state index in [4.69, 9.17) is 4.74 Å². The van der Waals surface area contributed by atoms with Crippen molar-refractivity contribution in [1.82, 2.24) is 15.2 Å². The zero-order chi connectivity index (χ0) is 18.6. The van der Waals surface area contributed by atoms with E-state index >= 15 is 0 Å².